The Morgan fingerprint density at radius 2 is 1.30 bits per heavy atom. The number of hydrogen-bond acceptors (Lipinski definition) is 13. The maximum atomic E-state index is 15.2. The van der Waals surface area contributed by atoms with Crippen LogP contribution in [0.5, 0.6) is 0 Å². The number of benzene rings is 2. The minimum atomic E-state index is -1.82. The van der Waals surface area contributed by atoms with Gasteiger partial charge in [0.15, 0.2) is 0 Å². The Kier molecular flexibility index (Phi) is 19.4. The number of nitro groups is 2. The van der Waals surface area contributed by atoms with Gasteiger partial charge in [0.25, 0.3) is 5.91 Å². The van der Waals surface area contributed by atoms with Crippen molar-refractivity contribution in [2.75, 3.05) is 6.54 Å². The van der Waals surface area contributed by atoms with Gasteiger partial charge in [0.1, 0.15) is 53.1 Å². The number of allylic oxidation sites excluding steroid dienone is 1. The summed E-state index contributed by atoms with van der Waals surface area (Å²) in [6.45, 7) is 10.1. The Hall–Kier alpha value is -7.89. The number of rotatable bonds is 17. The Morgan fingerprint density at radius 3 is 1.82 bits per heavy atom. The van der Waals surface area contributed by atoms with E-state index in [1.807, 2.05) is 13.0 Å². The molecule has 1 unspecified atom stereocenters. The maximum Gasteiger partial charge on any atom is 0.272 e. The van der Waals surface area contributed by atoms with Crippen molar-refractivity contribution in [1.82, 2.24) is 46.8 Å². The van der Waals surface area contributed by atoms with Crippen LogP contribution in [0, 0.1) is 43.9 Å². The molecule has 8 amide bonds. The molecule has 3 heterocycles. The van der Waals surface area contributed by atoms with Crippen LogP contribution >= 0.6 is 11.6 Å². The number of hydrogen-bond donors (Lipinski definition) is 8. The molecule has 2 aromatic carbocycles. The smallest absolute Gasteiger partial charge is 0.272 e. The monoisotopic (exact) mass is 1130 g/mol. The second kappa shape index (κ2) is 25.9. The molecule has 7 rings (SSSR count). The van der Waals surface area contributed by atoms with Gasteiger partial charge >= 0.3 is 0 Å². The van der Waals surface area contributed by atoms with Crippen molar-refractivity contribution < 1.29 is 53.4 Å². The first kappa shape index (κ1) is 59.8. The van der Waals surface area contributed by atoms with Crippen LogP contribution in [0.25, 0.3) is 0 Å². The van der Waals surface area contributed by atoms with Crippen molar-refractivity contribution in [3.63, 3.8) is 0 Å². The molecule has 430 valence electrons. The number of nitrogens with zero attached hydrogens (tertiary/aromatic N) is 4. The summed E-state index contributed by atoms with van der Waals surface area (Å²) in [7, 11) is 0. The van der Waals surface area contributed by atoms with E-state index in [4.69, 9.17) is 11.6 Å². The summed E-state index contributed by atoms with van der Waals surface area (Å²) in [5.74, 6) is -11.0. The summed E-state index contributed by atoms with van der Waals surface area (Å²) >= 11 is 5.99. The molecule has 4 aliphatic rings. The first-order valence-corrected chi connectivity index (χ1v) is 27.4. The molecule has 25 heteroatoms. The van der Waals surface area contributed by atoms with Crippen molar-refractivity contribution in [3.05, 3.63) is 127 Å². The highest BCUT2D eigenvalue weighted by Gasteiger charge is 2.52. The van der Waals surface area contributed by atoms with Crippen LogP contribution in [0.1, 0.15) is 114 Å². The number of carbonyl (C=O) groups is 8. The van der Waals surface area contributed by atoms with Crippen LogP contribution in [-0.4, -0.2) is 139 Å². The van der Waals surface area contributed by atoms with Crippen molar-refractivity contribution in [2.24, 2.45) is 23.7 Å². The van der Waals surface area contributed by atoms with Gasteiger partial charge in [-0.25, -0.2) is 0 Å². The van der Waals surface area contributed by atoms with Gasteiger partial charge in [-0.15, -0.1) is 0 Å². The lowest BCUT2D eigenvalue weighted by molar-refractivity contribution is -0.498. The molecular weight excluding hydrogens is 1060 g/mol. The summed E-state index contributed by atoms with van der Waals surface area (Å²) in [5, 5.41) is 53.1. The van der Waals surface area contributed by atoms with Gasteiger partial charge in [-0.3, -0.25) is 58.6 Å². The van der Waals surface area contributed by atoms with E-state index in [0.717, 1.165) is 0 Å². The quantitative estimate of drug-likeness (QED) is 0.0418. The second-order valence-electron chi connectivity index (χ2n) is 21.7. The molecule has 1 aromatic heterocycles. The minimum Gasteiger partial charge on any atom is -0.427 e. The van der Waals surface area contributed by atoms with Crippen molar-refractivity contribution in [2.45, 2.75) is 152 Å². The normalized spacial score (nSPS) is 29.1. The Balaban J connectivity index is 1.33. The highest BCUT2D eigenvalue weighted by atomic mass is 35.5. The zero-order chi connectivity index (χ0) is 58.3. The van der Waals surface area contributed by atoms with E-state index in [0.29, 0.717) is 22.3 Å². The van der Waals surface area contributed by atoms with Gasteiger partial charge in [0.2, 0.25) is 53.4 Å². The van der Waals surface area contributed by atoms with E-state index < -0.39 is 153 Å². The fraction of sp³-hybridized carbons (Fsp3) is 0.527. The third kappa shape index (κ3) is 14.1. The van der Waals surface area contributed by atoms with Gasteiger partial charge in [-0.1, -0.05) is 119 Å². The zero-order valence-electron chi connectivity index (χ0n) is 45.3. The van der Waals surface area contributed by atoms with Crippen molar-refractivity contribution >= 4 is 58.9 Å². The van der Waals surface area contributed by atoms with E-state index in [9.17, 15) is 49.4 Å². The fourth-order valence-electron chi connectivity index (χ4n) is 10.8. The Labute approximate surface area is 467 Å². The number of nitrogens with one attached hydrogen (secondary N) is 7. The molecule has 24 nitrogen and oxygen atoms in total. The standard InChI is InChI=1S/C55H70ClN11O13/c1-7-15-32-22-42-51(71)57-31(6)47(63-49(69)37(23-35-25-40(35)66(77)78)58-50(70)39-20-21-43(56)65(39)76)54(74)62-45(29(4)33-16-11-9-12-17-33)52(72)59-38(24-36-26-41(36)67(79)80)48(68)61-46(30(5)34-18-13-10-14-19-34)53(73)60-44(28(3)8-2)55(75)64(42)27-32/h7,9-21,28-32,35-38,40-42,44-47,76H,8,22-27H2,1-6H3,(H,57,71)(H,58,70)(H,59,72)(H,60,73)(H,61,68)(H,62,74)(H,63,69)/b15-7-/t28-,29+,30+,31+,32-,35+,36+,37-,38+,40+,41+,42-,44+,45?,46-,47+/m0/s1. The summed E-state index contributed by atoms with van der Waals surface area (Å²) in [6.07, 6.45) is 3.67. The predicted molar refractivity (Wildman–Crippen MR) is 290 cm³/mol. The molecular formula is C55H70ClN11O13. The first-order valence-electron chi connectivity index (χ1n) is 27.0. The topological polar surface area (TPSA) is 335 Å². The predicted octanol–water partition coefficient (Wildman–Crippen LogP) is 2.98. The molecule has 0 radical (unpaired) electrons. The maximum absolute atomic E-state index is 15.2. The van der Waals surface area contributed by atoms with Gasteiger partial charge in [-0.05, 0) is 68.2 Å². The molecule has 80 heavy (non-hydrogen) atoms. The molecule has 3 aromatic rings. The Morgan fingerprint density at radius 1 is 0.750 bits per heavy atom. The van der Waals surface area contributed by atoms with Gasteiger partial charge < -0.3 is 47.3 Å². The zero-order valence-corrected chi connectivity index (χ0v) is 46.0. The van der Waals surface area contributed by atoms with Crippen molar-refractivity contribution in [3.8, 4) is 0 Å². The summed E-state index contributed by atoms with van der Waals surface area (Å²) in [6, 6.07) is 5.75. The van der Waals surface area contributed by atoms with Crippen LogP contribution in [0.4, 0.5) is 0 Å². The molecule has 2 saturated heterocycles. The van der Waals surface area contributed by atoms with Crippen molar-refractivity contribution in [1.29, 1.82) is 0 Å². The van der Waals surface area contributed by atoms with E-state index in [-0.39, 0.29) is 49.7 Å². The lowest BCUT2D eigenvalue weighted by atomic mass is 9.90. The van der Waals surface area contributed by atoms with Gasteiger partial charge in [0.05, 0.1) is 6.04 Å². The molecule has 16 atom stereocenters. The molecule has 2 aliphatic heterocycles. The highest BCUT2D eigenvalue weighted by Crippen LogP contribution is 2.38. The van der Waals surface area contributed by atoms with E-state index in [2.05, 4.69) is 37.2 Å². The van der Waals surface area contributed by atoms with Gasteiger partial charge in [-0.2, -0.15) is 4.73 Å². The summed E-state index contributed by atoms with van der Waals surface area (Å²) in [4.78, 5) is 143. The third-order valence-corrected chi connectivity index (χ3v) is 16.4. The number of aromatic nitrogens is 1. The fourth-order valence-corrected chi connectivity index (χ4v) is 11.0. The summed E-state index contributed by atoms with van der Waals surface area (Å²) in [5.41, 5.74) is 0.758. The number of fused-ring (bicyclic) bond motifs is 1. The van der Waals surface area contributed by atoms with Crippen LogP contribution < -0.4 is 37.2 Å². The number of amides is 8. The minimum absolute atomic E-state index is 0.0383. The SMILES string of the molecule is C/C=C\[C@H]1C[C@H]2C(=O)N[C@H](C)[C@@H](NC(=O)[C@H](C[C@@H]3C[C@H]3[N+](=O)[O-])NC(=O)c3ccc(Cl)n3O)C(=O)NC([C@H](C)c3ccccc3)C(=O)N[C@H](C[C@@H]3C[C@H]3[N+](=O)[O-])C(=O)N[C@@H]([C@H](C)c3ccccc3)C(=O)N[C@H]([C@@H](C)CC)C(=O)N2C1. The molecule has 8 N–H and O–H groups in total. The Bertz CT molecular complexity index is 2850. The highest BCUT2D eigenvalue weighted by molar-refractivity contribution is 6.30. The lowest BCUT2D eigenvalue weighted by Crippen LogP contribution is -2.64. The van der Waals surface area contributed by atoms with E-state index >= 15 is 14.4 Å². The van der Waals surface area contributed by atoms with E-state index in [1.165, 1.54) is 24.0 Å². The average Bonchev–Trinajstić information content (AvgIpc) is 4.33. The first-order chi connectivity index (χ1) is 38.0. The molecule has 0 spiro atoms. The van der Waals surface area contributed by atoms with Crippen LogP contribution in [0.15, 0.2) is 84.9 Å². The third-order valence-electron chi connectivity index (χ3n) is 16.1. The summed E-state index contributed by atoms with van der Waals surface area (Å²) < 4.78 is 0.361. The largest absolute Gasteiger partial charge is 0.427 e. The molecule has 4 fully saturated rings. The number of carbonyl (C=O) groups excluding carboxylic acids is 8. The lowest BCUT2D eigenvalue weighted by Gasteiger charge is -2.34. The number of halogens is 1. The molecule has 0 bridgehead atoms. The van der Waals surface area contributed by atoms with Crippen LogP contribution in [0.2, 0.25) is 5.15 Å². The van der Waals surface area contributed by atoms with E-state index in [1.54, 1.807) is 94.4 Å². The molecule has 2 saturated carbocycles. The average molecular weight is 1130 g/mol. The van der Waals surface area contributed by atoms with Crippen LogP contribution in [0.3, 0.4) is 0 Å². The second-order valence-corrected chi connectivity index (χ2v) is 22.1. The van der Waals surface area contributed by atoms with Crippen LogP contribution in [-0.2, 0) is 33.6 Å². The van der Waals surface area contributed by atoms with Gasteiger partial charge in [0, 0.05) is 52.9 Å². The molecule has 2 aliphatic carbocycles.